The van der Waals surface area contributed by atoms with Crippen molar-refractivity contribution in [2.24, 2.45) is 0 Å². The first-order valence-electron chi connectivity index (χ1n) is 6.67. The third kappa shape index (κ3) is 2.57. The van der Waals surface area contributed by atoms with E-state index in [1.165, 1.54) is 0 Å². The number of benzene rings is 1. The van der Waals surface area contributed by atoms with Crippen LogP contribution in [-0.2, 0) is 0 Å². The number of fused-ring (bicyclic) bond motifs is 1. The van der Waals surface area contributed by atoms with E-state index in [9.17, 15) is 8.78 Å². The van der Waals surface area contributed by atoms with Crippen LogP contribution in [0, 0.1) is 0 Å². The molecule has 3 rings (SSSR count). The molecule has 0 unspecified atom stereocenters. The van der Waals surface area contributed by atoms with E-state index in [4.69, 9.17) is 9.47 Å². The number of methoxy groups -OCH3 is 2. The Morgan fingerprint density at radius 1 is 1.19 bits per heavy atom. The minimum Gasteiger partial charge on any atom is -0.493 e. The number of pyridine rings is 1. The summed E-state index contributed by atoms with van der Waals surface area (Å²) in [6, 6.07) is 5.25. The van der Waals surface area contributed by atoms with Crippen LogP contribution < -0.4 is 14.8 Å². The van der Waals surface area contributed by atoms with Gasteiger partial charge in [0.1, 0.15) is 5.82 Å². The summed E-state index contributed by atoms with van der Waals surface area (Å²) >= 11 is 0. The summed E-state index contributed by atoms with van der Waals surface area (Å²) < 4.78 is 36.4. The second kappa shape index (κ2) is 5.02. The first kappa shape index (κ1) is 13.9. The van der Waals surface area contributed by atoms with Gasteiger partial charge >= 0.3 is 0 Å². The minimum absolute atomic E-state index is 0.154. The highest BCUT2D eigenvalue weighted by Crippen LogP contribution is 2.40. The van der Waals surface area contributed by atoms with Crippen molar-refractivity contribution in [2.45, 2.75) is 24.8 Å². The van der Waals surface area contributed by atoms with Crippen LogP contribution >= 0.6 is 0 Å². The van der Waals surface area contributed by atoms with E-state index in [0.29, 0.717) is 17.3 Å². The lowest BCUT2D eigenvalue weighted by atomic mass is 9.88. The second-order valence-electron chi connectivity index (χ2n) is 5.19. The number of ether oxygens (including phenoxy) is 2. The van der Waals surface area contributed by atoms with Crippen molar-refractivity contribution in [3.63, 3.8) is 0 Å². The Kier molecular flexibility index (Phi) is 3.31. The number of hydrogen-bond acceptors (Lipinski definition) is 4. The van der Waals surface area contributed by atoms with E-state index < -0.39 is 5.92 Å². The van der Waals surface area contributed by atoms with Gasteiger partial charge in [0.25, 0.3) is 5.92 Å². The Bertz CT molecular complexity index is 668. The summed E-state index contributed by atoms with van der Waals surface area (Å²) in [5, 5.41) is 4.82. The quantitative estimate of drug-likeness (QED) is 0.938. The lowest BCUT2D eigenvalue weighted by molar-refractivity contribution is -0.0793. The molecular weight excluding hydrogens is 278 g/mol. The Morgan fingerprint density at radius 3 is 2.48 bits per heavy atom. The highest BCUT2D eigenvalue weighted by atomic mass is 19.3. The van der Waals surface area contributed by atoms with Gasteiger partial charge in [-0.25, -0.2) is 13.8 Å². The zero-order valence-corrected chi connectivity index (χ0v) is 11.8. The lowest BCUT2D eigenvalue weighted by Crippen LogP contribution is -2.44. The molecule has 1 fully saturated rings. The zero-order valence-electron chi connectivity index (χ0n) is 11.8. The van der Waals surface area contributed by atoms with Gasteiger partial charge in [-0.3, -0.25) is 0 Å². The van der Waals surface area contributed by atoms with Crippen LogP contribution in [0.1, 0.15) is 12.8 Å². The predicted molar refractivity (Wildman–Crippen MR) is 76.4 cm³/mol. The predicted octanol–water partition coefficient (Wildman–Crippen LogP) is 3.46. The molecule has 0 saturated heterocycles. The van der Waals surface area contributed by atoms with Crippen LogP contribution in [0.5, 0.6) is 11.5 Å². The van der Waals surface area contributed by atoms with E-state index in [0.717, 1.165) is 10.8 Å². The molecule has 1 heterocycles. The van der Waals surface area contributed by atoms with Crippen molar-refractivity contribution in [2.75, 3.05) is 19.5 Å². The van der Waals surface area contributed by atoms with Crippen molar-refractivity contribution in [1.82, 2.24) is 4.98 Å². The van der Waals surface area contributed by atoms with Crippen molar-refractivity contribution >= 4 is 16.6 Å². The maximum absolute atomic E-state index is 12.9. The number of anilines is 1. The molecule has 1 aromatic heterocycles. The van der Waals surface area contributed by atoms with Crippen LogP contribution in [0.25, 0.3) is 10.8 Å². The molecule has 0 amide bonds. The fourth-order valence-corrected chi connectivity index (χ4v) is 2.57. The summed E-state index contributed by atoms with van der Waals surface area (Å²) in [6.45, 7) is 0. The van der Waals surface area contributed by atoms with Crippen LogP contribution in [0.3, 0.4) is 0 Å². The number of aromatic nitrogens is 1. The third-order valence-electron chi connectivity index (χ3n) is 3.70. The summed E-state index contributed by atoms with van der Waals surface area (Å²) in [6.07, 6.45) is 1.34. The minimum atomic E-state index is -2.55. The smallest absolute Gasteiger partial charge is 0.252 e. The van der Waals surface area contributed by atoms with Gasteiger partial charge in [-0.15, -0.1) is 0 Å². The number of rotatable bonds is 4. The summed E-state index contributed by atoms with van der Waals surface area (Å²) in [7, 11) is 3.13. The Morgan fingerprint density at radius 2 is 1.86 bits per heavy atom. The summed E-state index contributed by atoms with van der Waals surface area (Å²) in [5.41, 5.74) is 0. The lowest BCUT2D eigenvalue weighted by Gasteiger charge is -2.35. The third-order valence-corrected chi connectivity index (χ3v) is 3.70. The molecule has 0 bridgehead atoms. The maximum Gasteiger partial charge on any atom is 0.252 e. The monoisotopic (exact) mass is 294 g/mol. The number of alkyl halides is 2. The molecule has 4 nitrogen and oxygen atoms in total. The van der Waals surface area contributed by atoms with Gasteiger partial charge in [-0.05, 0) is 23.6 Å². The van der Waals surface area contributed by atoms with E-state index >= 15 is 0 Å². The van der Waals surface area contributed by atoms with E-state index in [-0.39, 0.29) is 18.9 Å². The van der Waals surface area contributed by atoms with Crippen LogP contribution in [0.4, 0.5) is 14.6 Å². The molecule has 0 atom stereocenters. The zero-order chi connectivity index (χ0) is 15.0. The molecule has 1 aliphatic rings. The molecular formula is C15H16F2N2O2. The highest BCUT2D eigenvalue weighted by Gasteiger charge is 2.45. The molecule has 1 aromatic carbocycles. The van der Waals surface area contributed by atoms with Crippen molar-refractivity contribution in [1.29, 1.82) is 0 Å². The Labute approximate surface area is 121 Å². The maximum atomic E-state index is 12.9. The normalized spacial score (nSPS) is 17.3. The number of halogens is 2. The second-order valence-corrected chi connectivity index (χ2v) is 5.19. The van der Waals surface area contributed by atoms with Crippen molar-refractivity contribution < 1.29 is 18.3 Å². The van der Waals surface area contributed by atoms with Gasteiger partial charge < -0.3 is 14.8 Å². The van der Waals surface area contributed by atoms with Crippen molar-refractivity contribution in [3.8, 4) is 11.5 Å². The van der Waals surface area contributed by atoms with E-state index in [1.54, 1.807) is 26.5 Å². The topological polar surface area (TPSA) is 43.4 Å². The van der Waals surface area contributed by atoms with Gasteiger partial charge in [-0.1, -0.05) is 0 Å². The number of nitrogens with zero attached hydrogens (tertiary/aromatic N) is 1. The Hall–Kier alpha value is -2.11. The van der Waals surface area contributed by atoms with Crippen LogP contribution in [0.15, 0.2) is 24.4 Å². The van der Waals surface area contributed by atoms with Gasteiger partial charge in [0, 0.05) is 30.5 Å². The molecule has 2 aromatic rings. The van der Waals surface area contributed by atoms with Gasteiger partial charge in [0.2, 0.25) is 0 Å². The summed E-state index contributed by atoms with van der Waals surface area (Å²) in [4.78, 5) is 4.25. The molecule has 0 spiro atoms. The first-order chi connectivity index (χ1) is 10.0. The van der Waals surface area contributed by atoms with Gasteiger partial charge in [0.05, 0.1) is 14.2 Å². The standard InChI is InChI=1S/C15H16F2N2O2/c1-20-12-5-9-3-4-18-14(11(9)6-13(12)21-2)19-10-7-15(16,17)8-10/h3-6,10H,7-8H2,1-2H3,(H,18,19). The molecule has 1 N–H and O–H groups in total. The molecule has 6 heteroatoms. The van der Waals surface area contributed by atoms with E-state index in [1.807, 2.05) is 12.1 Å². The number of nitrogens with one attached hydrogen (secondary N) is 1. The average molecular weight is 294 g/mol. The molecule has 21 heavy (non-hydrogen) atoms. The average Bonchev–Trinajstić information content (AvgIpc) is 2.44. The van der Waals surface area contributed by atoms with Gasteiger partial charge in [0.15, 0.2) is 11.5 Å². The van der Waals surface area contributed by atoms with E-state index in [2.05, 4.69) is 10.3 Å². The fraction of sp³-hybridized carbons (Fsp3) is 0.400. The first-order valence-corrected chi connectivity index (χ1v) is 6.67. The largest absolute Gasteiger partial charge is 0.493 e. The van der Waals surface area contributed by atoms with Gasteiger partial charge in [-0.2, -0.15) is 0 Å². The molecule has 1 aliphatic carbocycles. The Balaban J connectivity index is 1.95. The SMILES string of the molecule is COc1cc2ccnc(NC3CC(F)(F)C3)c2cc1OC. The molecule has 0 aliphatic heterocycles. The molecule has 1 saturated carbocycles. The fourth-order valence-electron chi connectivity index (χ4n) is 2.57. The van der Waals surface area contributed by atoms with Crippen molar-refractivity contribution in [3.05, 3.63) is 24.4 Å². The number of hydrogen-bond donors (Lipinski definition) is 1. The van der Waals surface area contributed by atoms with Crippen LogP contribution in [-0.4, -0.2) is 31.2 Å². The highest BCUT2D eigenvalue weighted by molar-refractivity contribution is 5.94. The molecule has 112 valence electrons. The van der Waals surface area contributed by atoms with Crippen LogP contribution in [0.2, 0.25) is 0 Å². The molecule has 0 radical (unpaired) electrons. The summed E-state index contributed by atoms with van der Waals surface area (Å²) in [5.74, 6) is -0.755.